The summed E-state index contributed by atoms with van der Waals surface area (Å²) in [6.07, 6.45) is 1.52. The highest BCUT2D eigenvalue weighted by Crippen LogP contribution is 2.40. The van der Waals surface area contributed by atoms with Crippen molar-refractivity contribution in [3.05, 3.63) is 57.6 Å². The molecule has 1 amide bonds. The van der Waals surface area contributed by atoms with Crippen LogP contribution in [0.25, 0.3) is 11.6 Å². The first kappa shape index (κ1) is 16.5. The highest BCUT2D eigenvalue weighted by Gasteiger charge is 2.30. The molecule has 0 fully saturated rings. The molecule has 0 N–H and O–H groups in total. The largest absolute Gasteiger partial charge is 0.493 e. The van der Waals surface area contributed by atoms with E-state index in [0.29, 0.717) is 11.3 Å². The molecule has 1 aliphatic rings. The molecule has 0 saturated heterocycles. The fourth-order valence-corrected chi connectivity index (χ4v) is 2.85. The Balaban J connectivity index is 2.22. The minimum absolute atomic E-state index is 0.162. The maximum absolute atomic E-state index is 12.6. The molecule has 0 spiro atoms. The van der Waals surface area contributed by atoms with Crippen molar-refractivity contribution in [2.45, 2.75) is 0 Å². The quantitative estimate of drug-likeness (QED) is 0.485. The second-order valence-electron chi connectivity index (χ2n) is 5.46. The topological polar surface area (TPSA) is 81.9 Å². The number of likely N-dealkylation sites (N-methyl/N-ethyl adjacent to an activating group) is 1. The van der Waals surface area contributed by atoms with E-state index in [1.807, 2.05) is 24.3 Å². The number of methoxy groups -OCH3 is 2. The van der Waals surface area contributed by atoms with Crippen molar-refractivity contribution < 1.29 is 19.2 Å². The van der Waals surface area contributed by atoms with Crippen molar-refractivity contribution in [3.63, 3.8) is 0 Å². The molecule has 0 bridgehead atoms. The number of nitro groups is 1. The van der Waals surface area contributed by atoms with E-state index in [2.05, 4.69) is 0 Å². The Kier molecular flexibility index (Phi) is 4.14. The fourth-order valence-electron chi connectivity index (χ4n) is 2.85. The summed E-state index contributed by atoms with van der Waals surface area (Å²) in [6, 6.07) is 10.1. The van der Waals surface area contributed by atoms with Gasteiger partial charge in [0, 0.05) is 12.6 Å². The number of fused-ring (bicyclic) bond motifs is 1. The van der Waals surface area contributed by atoms with Crippen molar-refractivity contribution in [1.29, 1.82) is 0 Å². The van der Waals surface area contributed by atoms with Gasteiger partial charge in [-0.3, -0.25) is 14.9 Å². The van der Waals surface area contributed by atoms with Crippen LogP contribution in [0.15, 0.2) is 36.4 Å². The van der Waals surface area contributed by atoms with Gasteiger partial charge in [0.1, 0.15) is 0 Å². The first-order valence-corrected chi connectivity index (χ1v) is 7.47. The van der Waals surface area contributed by atoms with Crippen molar-refractivity contribution in [2.24, 2.45) is 0 Å². The van der Waals surface area contributed by atoms with E-state index in [0.717, 1.165) is 11.3 Å². The van der Waals surface area contributed by atoms with Gasteiger partial charge in [-0.25, -0.2) is 0 Å². The molecule has 7 nitrogen and oxygen atoms in total. The zero-order valence-electron chi connectivity index (χ0n) is 14.0. The van der Waals surface area contributed by atoms with Crippen LogP contribution in [0, 0.1) is 10.1 Å². The smallest absolute Gasteiger partial charge is 0.280 e. The standard InChI is InChI=1S/C18H16N2O5/c1-19-14-7-5-4-6-12(14)13(18(19)21)8-11-9-16(24-2)17(25-3)10-15(11)20(22)23/h4-10H,1-3H3/b13-8+. The van der Waals surface area contributed by atoms with Crippen molar-refractivity contribution >= 4 is 28.9 Å². The summed E-state index contributed by atoms with van der Waals surface area (Å²) < 4.78 is 10.3. The highest BCUT2D eigenvalue weighted by atomic mass is 16.6. The van der Waals surface area contributed by atoms with E-state index in [1.54, 1.807) is 7.05 Å². The first-order chi connectivity index (χ1) is 12.0. The SMILES string of the molecule is COc1cc(/C=C2/C(=O)N(C)c3ccccc32)c([N+](=O)[O-])cc1OC. The number of rotatable bonds is 4. The average Bonchev–Trinajstić information content (AvgIpc) is 2.86. The lowest BCUT2D eigenvalue weighted by Gasteiger charge is -2.09. The van der Waals surface area contributed by atoms with E-state index in [-0.39, 0.29) is 22.9 Å². The molecule has 1 aliphatic heterocycles. The van der Waals surface area contributed by atoms with Gasteiger partial charge in [0.05, 0.1) is 42.0 Å². The monoisotopic (exact) mass is 340 g/mol. The van der Waals surface area contributed by atoms with E-state index in [9.17, 15) is 14.9 Å². The number of benzene rings is 2. The van der Waals surface area contributed by atoms with Crippen molar-refractivity contribution in [1.82, 2.24) is 0 Å². The average molecular weight is 340 g/mol. The molecule has 2 aromatic carbocycles. The molecule has 3 rings (SSSR count). The molecule has 0 atom stereocenters. The molecule has 25 heavy (non-hydrogen) atoms. The van der Waals surface area contributed by atoms with E-state index < -0.39 is 4.92 Å². The number of hydrogen-bond acceptors (Lipinski definition) is 5. The lowest BCUT2D eigenvalue weighted by Crippen LogP contribution is -2.20. The summed E-state index contributed by atoms with van der Waals surface area (Å²) in [5.74, 6) is 0.393. The fraction of sp³-hybridized carbons (Fsp3) is 0.167. The number of hydrogen-bond donors (Lipinski definition) is 0. The summed E-state index contributed by atoms with van der Waals surface area (Å²) in [4.78, 5) is 25.0. The normalized spacial score (nSPS) is 14.6. The van der Waals surface area contributed by atoms with E-state index in [1.165, 1.54) is 37.3 Å². The highest BCUT2D eigenvalue weighted by molar-refractivity contribution is 6.35. The lowest BCUT2D eigenvalue weighted by molar-refractivity contribution is -0.385. The van der Waals surface area contributed by atoms with Crippen LogP contribution in [0.2, 0.25) is 0 Å². The molecule has 1 heterocycles. The van der Waals surface area contributed by atoms with Crippen LogP contribution in [0.1, 0.15) is 11.1 Å². The summed E-state index contributed by atoms with van der Waals surface area (Å²) in [5.41, 5.74) is 2.01. The zero-order valence-corrected chi connectivity index (χ0v) is 14.0. The molecule has 0 aliphatic carbocycles. The first-order valence-electron chi connectivity index (χ1n) is 7.47. The summed E-state index contributed by atoms with van der Waals surface area (Å²) >= 11 is 0. The Morgan fingerprint density at radius 2 is 1.76 bits per heavy atom. The molecule has 0 radical (unpaired) electrons. The Morgan fingerprint density at radius 1 is 1.12 bits per heavy atom. The molecule has 0 unspecified atom stereocenters. The van der Waals surface area contributed by atoms with Gasteiger partial charge in [-0.2, -0.15) is 0 Å². The van der Waals surface area contributed by atoms with Crippen LogP contribution >= 0.6 is 0 Å². The predicted octanol–water partition coefficient (Wildman–Crippen LogP) is 3.13. The zero-order chi connectivity index (χ0) is 18.1. The number of ether oxygens (including phenoxy) is 2. The molecule has 0 saturated carbocycles. The minimum Gasteiger partial charge on any atom is -0.493 e. The number of anilines is 1. The van der Waals surface area contributed by atoms with Gasteiger partial charge in [-0.1, -0.05) is 18.2 Å². The van der Waals surface area contributed by atoms with Crippen LogP contribution < -0.4 is 14.4 Å². The maximum atomic E-state index is 12.6. The second-order valence-corrected chi connectivity index (χ2v) is 5.46. The van der Waals surface area contributed by atoms with E-state index >= 15 is 0 Å². The van der Waals surface area contributed by atoms with Crippen LogP contribution in [0.5, 0.6) is 11.5 Å². The number of nitro benzene ring substituents is 1. The predicted molar refractivity (Wildman–Crippen MR) is 93.9 cm³/mol. The summed E-state index contributed by atoms with van der Waals surface area (Å²) in [5, 5.41) is 11.4. The van der Waals surface area contributed by atoms with Gasteiger partial charge < -0.3 is 14.4 Å². The molecule has 7 heteroatoms. The summed E-state index contributed by atoms with van der Waals surface area (Å²) in [7, 11) is 4.53. The van der Waals surface area contributed by atoms with Crippen molar-refractivity contribution in [3.8, 4) is 11.5 Å². The lowest BCUT2D eigenvalue weighted by atomic mass is 10.0. The van der Waals surface area contributed by atoms with Gasteiger partial charge in [-0.05, 0) is 18.2 Å². The van der Waals surface area contributed by atoms with Gasteiger partial charge in [0.25, 0.3) is 11.6 Å². The Morgan fingerprint density at radius 3 is 2.40 bits per heavy atom. The molecule has 2 aromatic rings. The Bertz CT molecular complexity index is 904. The Hall–Kier alpha value is -3.35. The van der Waals surface area contributed by atoms with Crippen LogP contribution in [-0.4, -0.2) is 32.1 Å². The summed E-state index contributed by atoms with van der Waals surface area (Å²) in [6.45, 7) is 0. The van der Waals surface area contributed by atoms with Crippen molar-refractivity contribution in [2.75, 3.05) is 26.2 Å². The van der Waals surface area contributed by atoms with Crippen LogP contribution in [-0.2, 0) is 4.79 Å². The Labute approximate surface area is 144 Å². The maximum Gasteiger partial charge on any atom is 0.280 e. The number of nitrogens with zero attached hydrogens (tertiary/aromatic N) is 2. The van der Waals surface area contributed by atoms with Crippen LogP contribution in [0.4, 0.5) is 11.4 Å². The van der Waals surface area contributed by atoms with Gasteiger partial charge in [0.15, 0.2) is 11.5 Å². The third-order valence-electron chi connectivity index (χ3n) is 4.12. The van der Waals surface area contributed by atoms with Gasteiger partial charge >= 0.3 is 0 Å². The number of carbonyl (C=O) groups is 1. The number of carbonyl (C=O) groups excluding carboxylic acids is 1. The van der Waals surface area contributed by atoms with E-state index in [4.69, 9.17) is 9.47 Å². The number of para-hydroxylation sites is 1. The third-order valence-corrected chi connectivity index (χ3v) is 4.12. The molecule has 0 aromatic heterocycles. The molecular weight excluding hydrogens is 324 g/mol. The van der Waals surface area contributed by atoms with Gasteiger partial charge in [0.2, 0.25) is 0 Å². The molecule has 128 valence electrons. The molecular formula is C18H16N2O5. The number of amides is 1. The minimum atomic E-state index is -0.511. The van der Waals surface area contributed by atoms with Crippen LogP contribution in [0.3, 0.4) is 0 Å². The second kappa shape index (κ2) is 6.27. The van der Waals surface area contributed by atoms with Gasteiger partial charge in [-0.15, -0.1) is 0 Å². The third kappa shape index (κ3) is 2.69.